The summed E-state index contributed by atoms with van der Waals surface area (Å²) in [5.41, 5.74) is -1.04. The van der Waals surface area contributed by atoms with Gasteiger partial charge in [-0.1, -0.05) is 35.8 Å². The van der Waals surface area contributed by atoms with Crippen molar-refractivity contribution in [3.8, 4) is 5.75 Å². The number of hydrogen-bond acceptors (Lipinski definition) is 1. The number of para-hydroxylation sites is 1. The molecule has 0 fully saturated rings. The van der Waals surface area contributed by atoms with Gasteiger partial charge in [0.2, 0.25) is 0 Å². The molecule has 21 heavy (non-hydrogen) atoms. The van der Waals surface area contributed by atoms with Crippen molar-refractivity contribution in [2.45, 2.75) is 6.61 Å². The van der Waals surface area contributed by atoms with Gasteiger partial charge < -0.3 is 17.7 Å². The van der Waals surface area contributed by atoms with E-state index in [1.165, 1.54) is 24.3 Å². The Kier molecular flexibility index (Phi) is 6.86. The van der Waals surface area contributed by atoms with E-state index in [0.29, 0.717) is 0 Å². The molecule has 0 atom stereocenters. The molecule has 0 aliphatic carbocycles. The summed E-state index contributed by atoms with van der Waals surface area (Å²) in [5, 5.41) is 0. The first-order chi connectivity index (χ1) is 9.39. The van der Waals surface area contributed by atoms with Gasteiger partial charge in [-0.2, -0.15) is 0 Å². The largest absolute Gasteiger partial charge is 1.00 e. The molecule has 0 spiro atoms. The summed E-state index contributed by atoms with van der Waals surface area (Å²) in [6, 6.07) is 8.07. The van der Waals surface area contributed by atoms with Gasteiger partial charge in [0.05, 0.1) is 5.75 Å². The summed E-state index contributed by atoms with van der Waals surface area (Å²) < 4.78 is 69.6. The topological polar surface area (TPSA) is 9.23 Å². The standard InChI is InChI=1S/C13H9BF5O.K/c15-11-6-3-4-9(13(11)16)8-20-12-7-2-1-5-10(12)14(17,18)19;/h1-7H,8H2;/q-1;+1. The van der Waals surface area contributed by atoms with Crippen LogP contribution in [0, 0.1) is 11.6 Å². The maximum atomic E-state index is 13.4. The molecular formula is C13H9BF5KO. The second-order valence-electron chi connectivity index (χ2n) is 4.11. The molecule has 2 aromatic rings. The molecule has 0 saturated heterocycles. The molecule has 106 valence electrons. The van der Waals surface area contributed by atoms with Gasteiger partial charge in [-0.05, 0) is 12.1 Å². The van der Waals surface area contributed by atoms with Crippen molar-refractivity contribution in [3.63, 3.8) is 0 Å². The van der Waals surface area contributed by atoms with Crippen LogP contribution in [0.2, 0.25) is 0 Å². The predicted molar refractivity (Wildman–Crippen MR) is 65.8 cm³/mol. The summed E-state index contributed by atoms with van der Waals surface area (Å²) in [6.45, 7) is -5.71. The zero-order valence-corrected chi connectivity index (χ0v) is 14.2. The fraction of sp³-hybridized carbons (Fsp3) is 0.0769. The van der Waals surface area contributed by atoms with Crippen molar-refractivity contribution < 1.29 is 77.8 Å². The molecule has 1 nitrogen and oxygen atoms in total. The third-order valence-electron chi connectivity index (χ3n) is 2.69. The van der Waals surface area contributed by atoms with E-state index < -0.39 is 36.4 Å². The minimum Gasteiger partial charge on any atom is -0.492 e. The average molecular weight is 326 g/mol. The molecule has 0 saturated carbocycles. The van der Waals surface area contributed by atoms with Crippen LogP contribution in [0.3, 0.4) is 0 Å². The van der Waals surface area contributed by atoms with Crippen LogP contribution < -0.4 is 61.6 Å². The Bertz CT molecular complexity index is 618. The summed E-state index contributed by atoms with van der Waals surface area (Å²) in [7, 11) is 0. The minimum atomic E-state index is -5.23. The van der Waals surface area contributed by atoms with E-state index in [-0.39, 0.29) is 56.9 Å². The quantitative estimate of drug-likeness (QED) is 0.591. The van der Waals surface area contributed by atoms with E-state index in [0.717, 1.165) is 18.2 Å². The van der Waals surface area contributed by atoms with Crippen molar-refractivity contribution in [1.29, 1.82) is 0 Å². The minimum absolute atomic E-state index is 0. The summed E-state index contributed by atoms with van der Waals surface area (Å²) in [6.07, 6.45) is 0. The van der Waals surface area contributed by atoms with Crippen LogP contribution in [-0.4, -0.2) is 6.98 Å². The number of rotatable bonds is 4. The van der Waals surface area contributed by atoms with Crippen LogP contribution in [-0.2, 0) is 6.61 Å². The van der Waals surface area contributed by atoms with Crippen molar-refractivity contribution in [3.05, 3.63) is 59.7 Å². The van der Waals surface area contributed by atoms with Crippen molar-refractivity contribution in [2.24, 2.45) is 0 Å². The monoisotopic (exact) mass is 326 g/mol. The zero-order valence-electron chi connectivity index (χ0n) is 11.1. The van der Waals surface area contributed by atoms with E-state index in [1.807, 2.05) is 0 Å². The number of benzene rings is 2. The van der Waals surface area contributed by atoms with Gasteiger partial charge in [-0.25, -0.2) is 8.78 Å². The first-order valence-corrected chi connectivity index (χ1v) is 5.74. The Morgan fingerprint density at radius 3 is 2.24 bits per heavy atom. The summed E-state index contributed by atoms with van der Waals surface area (Å²) in [5.74, 6) is -2.59. The van der Waals surface area contributed by atoms with Gasteiger partial charge in [-0.15, -0.1) is 0 Å². The molecule has 0 unspecified atom stereocenters. The molecule has 0 bridgehead atoms. The van der Waals surface area contributed by atoms with E-state index >= 15 is 0 Å². The van der Waals surface area contributed by atoms with E-state index in [1.54, 1.807) is 0 Å². The molecule has 0 aliphatic heterocycles. The molecule has 0 heterocycles. The summed E-state index contributed by atoms with van der Waals surface area (Å²) >= 11 is 0. The van der Waals surface area contributed by atoms with Crippen LogP contribution in [0.4, 0.5) is 21.7 Å². The second kappa shape index (κ2) is 7.73. The van der Waals surface area contributed by atoms with E-state index in [4.69, 9.17) is 4.74 Å². The van der Waals surface area contributed by atoms with Crippen LogP contribution >= 0.6 is 0 Å². The molecule has 8 heteroatoms. The molecular weight excluding hydrogens is 317 g/mol. The SMILES string of the molecule is Fc1cccc(COc2ccccc2[B-](F)(F)F)c1F.[K+]. The van der Waals surface area contributed by atoms with Crippen LogP contribution in [0.1, 0.15) is 5.56 Å². The fourth-order valence-corrected chi connectivity index (χ4v) is 1.70. The Morgan fingerprint density at radius 1 is 0.905 bits per heavy atom. The van der Waals surface area contributed by atoms with E-state index in [2.05, 4.69) is 0 Å². The first kappa shape index (κ1) is 18.6. The van der Waals surface area contributed by atoms with Gasteiger partial charge in [0.25, 0.3) is 0 Å². The van der Waals surface area contributed by atoms with Gasteiger partial charge in [0.1, 0.15) is 6.61 Å². The Balaban J connectivity index is 0.00000220. The molecule has 2 rings (SSSR count). The smallest absolute Gasteiger partial charge is 0.492 e. The van der Waals surface area contributed by atoms with Crippen molar-refractivity contribution >= 4 is 12.4 Å². The Morgan fingerprint density at radius 2 is 1.57 bits per heavy atom. The number of hydrogen-bond donors (Lipinski definition) is 0. The third kappa shape index (κ3) is 4.79. The van der Waals surface area contributed by atoms with Gasteiger partial charge >= 0.3 is 58.4 Å². The molecule has 0 N–H and O–H groups in total. The molecule has 0 aliphatic rings. The molecule has 0 aromatic heterocycles. The number of halogens is 5. The fourth-order valence-electron chi connectivity index (χ4n) is 1.70. The molecule has 0 radical (unpaired) electrons. The average Bonchev–Trinajstić information content (AvgIpc) is 2.40. The van der Waals surface area contributed by atoms with Crippen LogP contribution in [0.5, 0.6) is 5.75 Å². The van der Waals surface area contributed by atoms with Crippen LogP contribution in [0.15, 0.2) is 42.5 Å². The van der Waals surface area contributed by atoms with Gasteiger partial charge in [-0.3, -0.25) is 0 Å². The Hall–Kier alpha value is -0.409. The van der Waals surface area contributed by atoms with Crippen molar-refractivity contribution in [1.82, 2.24) is 0 Å². The van der Waals surface area contributed by atoms with Gasteiger partial charge in [0.15, 0.2) is 11.6 Å². The Labute approximate surface area is 161 Å². The van der Waals surface area contributed by atoms with Crippen LogP contribution in [0.25, 0.3) is 0 Å². The normalized spacial score (nSPS) is 10.9. The number of ether oxygens (including phenoxy) is 1. The van der Waals surface area contributed by atoms with E-state index in [9.17, 15) is 21.7 Å². The summed E-state index contributed by atoms with van der Waals surface area (Å²) in [4.78, 5) is 0. The van der Waals surface area contributed by atoms with Gasteiger partial charge in [0, 0.05) is 5.56 Å². The maximum absolute atomic E-state index is 13.4. The maximum Gasteiger partial charge on any atom is 1.00 e. The first-order valence-electron chi connectivity index (χ1n) is 5.74. The molecule has 2 aromatic carbocycles. The second-order valence-corrected chi connectivity index (χ2v) is 4.11. The molecule has 0 amide bonds. The predicted octanol–water partition coefficient (Wildman–Crippen LogP) is 0.602. The zero-order chi connectivity index (χ0) is 14.8. The third-order valence-corrected chi connectivity index (χ3v) is 2.69. The van der Waals surface area contributed by atoms with Crippen molar-refractivity contribution in [2.75, 3.05) is 0 Å².